The third-order valence-corrected chi connectivity index (χ3v) is 6.89. The van der Waals surface area contributed by atoms with Gasteiger partial charge in [-0.15, -0.1) is 0 Å². The molecule has 7 rings (SSSR count). The number of hydrogen-bond acceptors (Lipinski definition) is 3. The fourth-order valence-electron chi connectivity index (χ4n) is 5.37. The molecule has 0 atom stereocenters. The van der Waals surface area contributed by atoms with Crippen LogP contribution in [0.5, 0.6) is 0 Å². The van der Waals surface area contributed by atoms with Crippen molar-refractivity contribution in [1.82, 2.24) is 0 Å². The number of benzene rings is 6. The molecular formula is C30H19BO3. The molecule has 3 nitrogen and oxygen atoms in total. The first-order valence-electron chi connectivity index (χ1n) is 11.3. The summed E-state index contributed by atoms with van der Waals surface area (Å²) in [6.45, 7) is 0. The molecule has 0 fully saturated rings. The van der Waals surface area contributed by atoms with Crippen LogP contribution >= 0.6 is 0 Å². The minimum Gasteiger partial charge on any atom is -0.456 e. The molecule has 1 aromatic heterocycles. The van der Waals surface area contributed by atoms with E-state index >= 15 is 0 Å². The Morgan fingerprint density at radius 3 is 1.74 bits per heavy atom. The van der Waals surface area contributed by atoms with Crippen LogP contribution in [-0.2, 0) is 0 Å². The van der Waals surface area contributed by atoms with E-state index in [2.05, 4.69) is 66.7 Å². The van der Waals surface area contributed by atoms with E-state index in [1.165, 1.54) is 32.3 Å². The zero-order valence-electron chi connectivity index (χ0n) is 18.2. The van der Waals surface area contributed by atoms with Gasteiger partial charge in [0, 0.05) is 16.2 Å². The smallest absolute Gasteiger partial charge is 0.456 e. The first-order valence-corrected chi connectivity index (χ1v) is 11.3. The molecule has 2 N–H and O–H groups in total. The maximum Gasteiger partial charge on any atom is 0.492 e. The molecule has 0 aliphatic carbocycles. The van der Waals surface area contributed by atoms with Gasteiger partial charge in [0.25, 0.3) is 0 Å². The van der Waals surface area contributed by atoms with Crippen LogP contribution in [0.15, 0.2) is 108 Å². The minimum absolute atomic E-state index is 0.368. The Bertz CT molecular complexity index is 1860. The Labute approximate surface area is 195 Å². The summed E-state index contributed by atoms with van der Waals surface area (Å²) in [6.07, 6.45) is 0. The number of rotatable bonds is 2. The summed E-state index contributed by atoms with van der Waals surface area (Å²) in [5, 5.41) is 29.1. The number of para-hydroxylation sites is 1. The van der Waals surface area contributed by atoms with Crippen LogP contribution in [-0.4, -0.2) is 17.2 Å². The number of furan rings is 1. The first-order chi connectivity index (χ1) is 16.7. The standard InChI is InChI=1S/C30H19BO3/c32-31(33)27-16-15-19(29-25-11-5-6-12-28(25)34-30(27)29)18-13-14-24-22-9-2-1-7-20(22)21-8-3-4-10-23(21)26(24)17-18/h1-17,32-33H. The van der Waals surface area contributed by atoms with Crippen molar-refractivity contribution < 1.29 is 14.5 Å². The molecule has 0 radical (unpaired) electrons. The minimum atomic E-state index is -1.61. The average molecular weight is 438 g/mol. The largest absolute Gasteiger partial charge is 0.492 e. The lowest BCUT2D eigenvalue weighted by Crippen LogP contribution is -2.30. The molecule has 0 amide bonds. The molecule has 6 aromatic carbocycles. The Balaban J connectivity index is 1.61. The van der Waals surface area contributed by atoms with Gasteiger partial charge in [0.15, 0.2) is 0 Å². The predicted octanol–water partition coefficient (Wildman–Crippen LogP) is 6.39. The van der Waals surface area contributed by atoms with E-state index in [1.54, 1.807) is 6.07 Å². The summed E-state index contributed by atoms with van der Waals surface area (Å²) < 4.78 is 6.10. The topological polar surface area (TPSA) is 53.6 Å². The lowest BCUT2D eigenvalue weighted by molar-refractivity contribution is 0.425. The molecule has 0 aliphatic rings. The van der Waals surface area contributed by atoms with E-state index in [-0.39, 0.29) is 0 Å². The number of hydrogen-bond donors (Lipinski definition) is 2. The molecule has 0 spiro atoms. The highest BCUT2D eigenvalue weighted by Gasteiger charge is 2.22. The second-order valence-corrected chi connectivity index (χ2v) is 8.73. The summed E-state index contributed by atoms with van der Waals surface area (Å²) in [4.78, 5) is 0. The molecule has 0 unspecified atom stereocenters. The van der Waals surface area contributed by atoms with Crippen LogP contribution in [0.3, 0.4) is 0 Å². The highest BCUT2D eigenvalue weighted by atomic mass is 16.4. The maximum absolute atomic E-state index is 9.96. The second kappa shape index (κ2) is 7.19. The summed E-state index contributed by atoms with van der Waals surface area (Å²) in [7, 11) is -1.61. The maximum atomic E-state index is 9.96. The molecular weight excluding hydrogens is 419 g/mol. The van der Waals surface area contributed by atoms with Gasteiger partial charge < -0.3 is 14.5 Å². The van der Waals surface area contributed by atoms with Crippen molar-refractivity contribution in [3.8, 4) is 11.1 Å². The van der Waals surface area contributed by atoms with Gasteiger partial charge in [-0.3, -0.25) is 0 Å². The molecule has 0 saturated carbocycles. The van der Waals surface area contributed by atoms with Crippen molar-refractivity contribution in [1.29, 1.82) is 0 Å². The average Bonchev–Trinajstić information content (AvgIpc) is 3.27. The van der Waals surface area contributed by atoms with Gasteiger partial charge in [0.1, 0.15) is 11.2 Å². The zero-order valence-corrected chi connectivity index (χ0v) is 18.2. The fraction of sp³-hybridized carbons (Fsp3) is 0. The van der Waals surface area contributed by atoms with Gasteiger partial charge in [-0.25, -0.2) is 0 Å². The van der Waals surface area contributed by atoms with Crippen molar-refractivity contribution >= 4 is 66.8 Å². The van der Waals surface area contributed by atoms with Crippen molar-refractivity contribution in [3.63, 3.8) is 0 Å². The summed E-state index contributed by atoms with van der Waals surface area (Å²) in [5.41, 5.74) is 3.67. The normalized spacial score (nSPS) is 11.8. The monoisotopic (exact) mass is 438 g/mol. The quantitative estimate of drug-likeness (QED) is 0.243. The van der Waals surface area contributed by atoms with Crippen molar-refractivity contribution in [3.05, 3.63) is 103 Å². The second-order valence-electron chi connectivity index (χ2n) is 8.73. The van der Waals surface area contributed by atoms with Crippen LogP contribution in [0.1, 0.15) is 0 Å². The van der Waals surface area contributed by atoms with Gasteiger partial charge in [0.05, 0.1) is 0 Å². The Kier molecular flexibility index (Phi) is 4.10. The molecule has 0 bridgehead atoms. The Hall–Kier alpha value is -4.12. The van der Waals surface area contributed by atoms with Crippen LogP contribution in [0.4, 0.5) is 0 Å². The van der Waals surface area contributed by atoms with Gasteiger partial charge in [-0.1, -0.05) is 91.0 Å². The zero-order chi connectivity index (χ0) is 22.8. The third-order valence-electron chi connectivity index (χ3n) is 6.89. The van der Waals surface area contributed by atoms with Crippen LogP contribution in [0.25, 0.3) is 65.4 Å². The SMILES string of the molecule is OB(O)c1ccc(-c2ccc3c4ccccc4c4ccccc4c3c2)c2c1oc1ccccc12. The van der Waals surface area contributed by atoms with Crippen LogP contribution in [0, 0.1) is 0 Å². The molecule has 34 heavy (non-hydrogen) atoms. The highest BCUT2D eigenvalue weighted by molar-refractivity contribution is 6.62. The van der Waals surface area contributed by atoms with Crippen molar-refractivity contribution in [2.24, 2.45) is 0 Å². The summed E-state index contributed by atoms with van der Waals surface area (Å²) in [6, 6.07) is 35.2. The third kappa shape index (κ3) is 2.67. The molecule has 1 heterocycles. The van der Waals surface area contributed by atoms with E-state index < -0.39 is 7.12 Å². The van der Waals surface area contributed by atoms with Gasteiger partial charge in [-0.05, 0) is 55.6 Å². The lowest BCUT2D eigenvalue weighted by atomic mass is 9.78. The van der Waals surface area contributed by atoms with Crippen molar-refractivity contribution in [2.75, 3.05) is 0 Å². The van der Waals surface area contributed by atoms with Crippen LogP contribution < -0.4 is 5.46 Å². The number of fused-ring (bicyclic) bond motifs is 9. The van der Waals surface area contributed by atoms with Gasteiger partial charge in [0.2, 0.25) is 0 Å². The lowest BCUT2D eigenvalue weighted by Gasteiger charge is -2.13. The van der Waals surface area contributed by atoms with E-state index in [9.17, 15) is 10.0 Å². The van der Waals surface area contributed by atoms with Crippen LogP contribution in [0.2, 0.25) is 0 Å². The predicted molar refractivity (Wildman–Crippen MR) is 141 cm³/mol. The van der Waals surface area contributed by atoms with E-state index in [1.807, 2.05) is 30.3 Å². The van der Waals surface area contributed by atoms with Gasteiger partial charge in [-0.2, -0.15) is 0 Å². The fourth-order valence-corrected chi connectivity index (χ4v) is 5.37. The summed E-state index contributed by atoms with van der Waals surface area (Å²) in [5.74, 6) is 0. The molecule has 160 valence electrons. The Morgan fingerprint density at radius 1 is 0.529 bits per heavy atom. The first kappa shape index (κ1) is 19.4. The van der Waals surface area contributed by atoms with E-state index in [0.717, 1.165) is 27.5 Å². The molecule has 7 aromatic rings. The highest BCUT2D eigenvalue weighted by Crippen LogP contribution is 2.40. The van der Waals surface area contributed by atoms with Crippen molar-refractivity contribution in [2.45, 2.75) is 0 Å². The molecule has 0 saturated heterocycles. The Morgan fingerprint density at radius 2 is 1.09 bits per heavy atom. The van der Waals surface area contributed by atoms with E-state index in [4.69, 9.17) is 4.42 Å². The molecule has 0 aliphatic heterocycles. The summed E-state index contributed by atoms with van der Waals surface area (Å²) >= 11 is 0. The van der Waals surface area contributed by atoms with E-state index in [0.29, 0.717) is 11.0 Å². The van der Waals surface area contributed by atoms with Gasteiger partial charge >= 0.3 is 7.12 Å². The molecule has 4 heteroatoms.